The first-order valence-corrected chi connectivity index (χ1v) is 7.79. The minimum atomic E-state index is -0.927. The van der Waals surface area contributed by atoms with Crippen LogP contribution < -0.4 is 5.32 Å². The van der Waals surface area contributed by atoms with Crippen molar-refractivity contribution < 1.29 is 19.4 Å². The Morgan fingerprint density at radius 3 is 2.59 bits per heavy atom. The van der Waals surface area contributed by atoms with E-state index < -0.39 is 5.97 Å². The van der Waals surface area contributed by atoms with Gasteiger partial charge in [0, 0.05) is 13.0 Å². The minimum absolute atomic E-state index is 0.0466. The molecule has 120 valence electrons. The number of aromatic carboxylic acids is 1. The van der Waals surface area contributed by atoms with E-state index in [1.807, 2.05) is 0 Å². The van der Waals surface area contributed by atoms with E-state index in [1.165, 1.54) is 0 Å². The molecule has 0 aliphatic carbocycles. The zero-order chi connectivity index (χ0) is 15.9. The number of carboxylic acids is 1. The lowest BCUT2D eigenvalue weighted by molar-refractivity contribution is -0.121. The van der Waals surface area contributed by atoms with Crippen LogP contribution in [0.5, 0.6) is 0 Å². The van der Waals surface area contributed by atoms with Gasteiger partial charge in [-0.05, 0) is 50.3 Å². The lowest BCUT2D eigenvalue weighted by Gasteiger charge is -2.11. The molecule has 1 amide bonds. The predicted molar refractivity (Wildman–Crippen MR) is 82.9 cm³/mol. The quantitative estimate of drug-likeness (QED) is 0.811. The molecular formula is C17H23NO4. The highest BCUT2D eigenvalue weighted by Crippen LogP contribution is 2.22. The molecule has 1 aromatic rings. The summed E-state index contributed by atoms with van der Waals surface area (Å²) in [6.07, 6.45) is 4.65. The van der Waals surface area contributed by atoms with Crippen molar-refractivity contribution in [3.8, 4) is 0 Å². The molecule has 5 nitrogen and oxygen atoms in total. The van der Waals surface area contributed by atoms with E-state index in [0.717, 1.165) is 24.8 Å². The molecule has 2 rings (SSSR count). The molecule has 2 N–H and O–H groups in total. The number of carbonyl (C=O) groups is 2. The molecule has 0 spiro atoms. The molecule has 1 fully saturated rings. The first-order valence-electron chi connectivity index (χ1n) is 7.79. The van der Waals surface area contributed by atoms with Crippen LogP contribution in [0.4, 0.5) is 0 Å². The van der Waals surface area contributed by atoms with Gasteiger partial charge < -0.3 is 15.2 Å². The van der Waals surface area contributed by atoms with Crippen molar-refractivity contribution in [2.24, 2.45) is 0 Å². The summed E-state index contributed by atoms with van der Waals surface area (Å²) in [7, 11) is 0. The van der Waals surface area contributed by atoms with Crippen molar-refractivity contribution in [1.29, 1.82) is 0 Å². The van der Waals surface area contributed by atoms with Crippen LogP contribution in [0, 0.1) is 0 Å². The van der Waals surface area contributed by atoms with Crippen LogP contribution in [0.2, 0.25) is 0 Å². The smallest absolute Gasteiger partial charge is 0.335 e. The van der Waals surface area contributed by atoms with Crippen molar-refractivity contribution >= 4 is 11.9 Å². The summed E-state index contributed by atoms with van der Waals surface area (Å²) in [5.74, 6) is -0.881. The molecule has 5 heteroatoms. The highest BCUT2D eigenvalue weighted by atomic mass is 16.5. The van der Waals surface area contributed by atoms with Crippen LogP contribution in [-0.2, 0) is 16.0 Å². The van der Waals surface area contributed by atoms with Gasteiger partial charge in [-0.2, -0.15) is 0 Å². The van der Waals surface area contributed by atoms with E-state index >= 15 is 0 Å². The van der Waals surface area contributed by atoms with Crippen molar-refractivity contribution in [2.45, 2.75) is 51.2 Å². The summed E-state index contributed by atoms with van der Waals surface area (Å²) < 4.78 is 5.69. The first kappa shape index (κ1) is 16.5. The molecule has 0 radical (unpaired) electrons. The largest absolute Gasteiger partial charge is 0.478 e. The van der Waals surface area contributed by atoms with Gasteiger partial charge in [-0.3, -0.25) is 4.79 Å². The average Bonchev–Trinajstić information content (AvgIpc) is 2.91. The first-order chi connectivity index (χ1) is 10.5. The Bertz CT molecular complexity index is 512. The number of amides is 1. The Kier molecular flexibility index (Phi) is 5.95. The standard InChI is InChI=1S/C17H23NO4/c1-12-2-7-15(22-12)8-9-16(19)18-11-10-13-3-5-14(6-4-13)17(20)21/h3-6,12,15H,2,7-11H2,1H3,(H,18,19)(H,20,21)/t12-,15+/m0/s1. The summed E-state index contributed by atoms with van der Waals surface area (Å²) in [5.41, 5.74) is 1.29. The monoisotopic (exact) mass is 305 g/mol. The molecule has 0 bridgehead atoms. The number of nitrogens with one attached hydrogen (secondary N) is 1. The molecule has 0 unspecified atom stereocenters. The fourth-order valence-corrected chi connectivity index (χ4v) is 2.64. The van der Waals surface area contributed by atoms with Gasteiger partial charge in [0.1, 0.15) is 0 Å². The van der Waals surface area contributed by atoms with Gasteiger partial charge in [0.2, 0.25) is 5.91 Å². The Morgan fingerprint density at radius 2 is 2.00 bits per heavy atom. The number of hydrogen-bond donors (Lipinski definition) is 2. The molecule has 1 saturated heterocycles. The third-order valence-corrected chi connectivity index (χ3v) is 3.95. The number of rotatable bonds is 7. The van der Waals surface area contributed by atoms with Gasteiger partial charge >= 0.3 is 5.97 Å². The van der Waals surface area contributed by atoms with Gasteiger partial charge in [-0.1, -0.05) is 12.1 Å². The molecule has 1 heterocycles. The summed E-state index contributed by atoms with van der Waals surface area (Å²) in [6, 6.07) is 6.73. The second-order valence-electron chi connectivity index (χ2n) is 5.79. The van der Waals surface area contributed by atoms with Gasteiger partial charge in [-0.25, -0.2) is 4.79 Å². The molecule has 1 aromatic carbocycles. The van der Waals surface area contributed by atoms with E-state index in [1.54, 1.807) is 24.3 Å². The average molecular weight is 305 g/mol. The summed E-state index contributed by atoms with van der Waals surface area (Å²) >= 11 is 0. The van der Waals surface area contributed by atoms with Crippen LogP contribution in [-0.4, -0.2) is 35.7 Å². The van der Waals surface area contributed by atoms with Gasteiger partial charge in [0.05, 0.1) is 17.8 Å². The molecule has 1 aliphatic heterocycles. The van der Waals surface area contributed by atoms with E-state index in [-0.39, 0.29) is 17.6 Å². The zero-order valence-corrected chi connectivity index (χ0v) is 12.9. The maximum absolute atomic E-state index is 11.8. The van der Waals surface area contributed by atoms with Crippen LogP contribution in [0.15, 0.2) is 24.3 Å². The molecule has 2 atom stereocenters. The Morgan fingerprint density at radius 1 is 1.27 bits per heavy atom. The Balaban J connectivity index is 1.63. The number of hydrogen-bond acceptors (Lipinski definition) is 3. The van der Waals surface area contributed by atoms with E-state index in [0.29, 0.717) is 25.5 Å². The minimum Gasteiger partial charge on any atom is -0.478 e. The fourth-order valence-electron chi connectivity index (χ4n) is 2.64. The van der Waals surface area contributed by atoms with Crippen molar-refractivity contribution in [3.63, 3.8) is 0 Å². The number of benzene rings is 1. The molecule has 0 saturated carbocycles. The third kappa shape index (κ3) is 5.15. The van der Waals surface area contributed by atoms with E-state index in [4.69, 9.17) is 9.84 Å². The molecular weight excluding hydrogens is 282 g/mol. The van der Waals surface area contributed by atoms with Gasteiger partial charge in [0.25, 0.3) is 0 Å². The number of ether oxygens (including phenoxy) is 1. The van der Waals surface area contributed by atoms with E-state index in [2.05, 4.69) is 12.2 Å². The second kappa shape index (κ2) is 7.94. The summed E-state index contributed by atoms with van der Waals surface area (Å²) in [4.78, 5) is 22.5. The van der Waals surface area contributed by atoms with Gasteiger partial charge in [-0.15, -0.1) is 0 Å². The fraction of sp³-hybridized carbons (Fsp3) is 0.529. The van der Waals surface area contributed by atoms with Gasteiger partial charge in [0.15, 0.2) is 0 Å². The van der Waals surface area contributed by atoms with Crippen LogP contribution in [0.1, 0.15) is 48.5 Å². The highest BCUT2D eigenvalue weighted by molar-refractivity contribution is 5.87. The topological polar surface area (TPSA) is 75.6 Å². The van der Waals surface area contributed by atoms with Crippen LogP contribution in [0.25, 0.3) is 0 Å². The Labute approximate surface area is 130 Å². The lowest BCUT2D eigenvalue weighted by atomic mass is 10.1. The summed E-state index contributed by atoms with van der Waals surface area (Å²) in [5, 5.41) is 11.7. The highest BCUT2D eigenvalue weighted by Gasteiger charge is 2.21. The Hall–Kier alpha value is -1.88. The molecule has 22 heavy (non-hydrogen) atoms. The molecule has 0 aromatic heterocycles. The summed E-state index contributed by atoms with van der Waals surface area (Å²) in [6.45, 7) is 2.63. The molecule has 1 aliphatic rings. The normalized spacial score (nSPS) is 20.8. The maximum Gasteiger partial charge on any atom is 0.335 e. The lowest BCUT2D eigenvalue weighted by Crippen LogP contribution is -2.26. The predicted octanol–water partition coefficient (Wildman–Crippen LogP) is 2.39. The van der Waals surface area contributed by atoms with E-state index in [9.17, 15) is 9.59 Å². The maximum atomic E-state index is 11.8. The van der Waals surface area contributed by atoms with Crippen LogP contribution in [0.3, 0.4) is 0 Å². The van der Waals surface area contributed by atoms with Crippen molar-refractivity contribution in [3.05, 3.63) is 35.4 Å². The number of carboxylic acid groups (broad SMARTS) is 1. The number of carbonyl (C=O) groups excluding carboxylic acids is 1. The van der Waals surface area contributed by atoms with Crippen molar-refractivity contribution in [2.75, 3.05) is 6.54 Å². The SMILES string of the molecule is C[C@H]1CC[C@H](CCC(=O)NCCc2ccc(C(=O)O)cc2)O1. The van der Waals surface area contributed by atoms with Crippen molar-refractivity contribution in [1.82, 2.24) is 5.32 Å². The van der Waals surface area contributed by atoms with Crippen LogP contribution >= 0.6 is 0 Å². The second-order valence-corrected chi connectivity index (χ2v) is 5.79. The third-order valence-electron chi connectivity index (χ3n) is 3.95. The zero-order valence-electron chi connectivity index (χ0n) is 12.9.